The number of rotatable bonds is 5. The van der Waals surface area contributed by atoms with Crippen LogP contribution in [0.2, 0.25) is 0 Å². The van der Waals surface area contributed by atoms with Gasteiger partial charge in [-0.25, -0.2) is 5.43 Å². The van der Waals surface area contributed by atoms with E-state index in [1.807, 2.05) is 37.3 Å². The zero-order chi connectivity index (χ0) is 14.4. The van der Waals surface area contributed by atoms with E-state index in [4.69, 9.17) is 9.15 Å². The molecule has 1 N–H and O–H groups in total. The fraction of sp³-hybridized carbons (Fsp3) is 0.143. The Bertz CT molecular complexity index is 605. The molecule has 0 aliphatic rings. The van der Waals surface area contributed by atoms with Crippen molar-refractivity contribution in [1.82, 2.24) is 5.43 Å². The summed E-state index contributed by atoms with van der Waals surface area (Å²) < 4.78 is 11.3. The second kappa shape index (κ2) is 7.09. The van der Waals surface area contributed by atoms with E-state index in [1.54, 1.807) is 6.07 Å². The summed E-state index contributed by atoms with van der Waals surface area (Å²) in [4.78, 5) is 11.5. The third-order valence-corrected chi connectivity index (χ3v) is 2.95. The molecule has 0 spiro atoms. The molecule has 0 radical (unpaired) electrons. The van der Waals surface area contributed by atoms with Crippen LogP contribution in [-0.4, -0.2) is 18.7 Å². The Kier molecular flexibility index (Phi) is 5.16. The molecule has 104 valence electrons. The first-order chi connectivity index (χ1) is 9.63. The highest BCUT2D eigenvalue weighted by Gasteiger charge is 2.01. The van der Waals surface area contributed by atoms with Crippen molar-refractivity contribution < 1.29 is 13.9 Å². The SMILES string of the molecule is Cc1ccc(OCC(=O)N/N=C/c2ccc(I)o2)cc1. The van der Waals surface area contributed by atoms with Crippen molar-refractivity contribution in [2.75, 3.05) is 6.61 Å². The summed E-state index contributed by atoms with van der Waals surface area (Å²) in [7, 11) is 0. The van der Waals surface area contributed by atoms with Crippen LogP contribution < -0.4 is 10.2 Å². The Morgan fingerprint density at radius 1 is 1.35 bits per heavy atom. The van der Waals surface area contributed by atoms with Crippen molar-refractivity contribution >= 4 is 34.7 Å². The van der Waals surface area contributed by atoms with E-state index >= 15 is 0 Å². The van der Waals surface area contributed by atoms with Crippen LogP contribution in [0, 0.1) is 10.7 Å². The molecule has 1 amide bonds. The van der Waals surface area contributed by atoms with Gasteiger partial charge in [0.1, 0.15) is 11.5 Å². The van der Waals surface area contributed by atoms with Crippen molar-refractivity contribution in [3.05, 3.63) is 51.5 Å². The Labute approximate surface area is 130 Å². The predicted molar refractivity (Wildman–Crippen MR) is 83.8 cm³/mol. The molecule has 0 saturated carbocycles. The van der Waals surface area contributed by atoms with Gasteiger partial charge in [-0.2, -0.15) is 5.10 Å². The van der Waals surface area contributed by atoms with Crippen LogP contribution in [0.25, 0.3) is 0 Å². The lowest BCUT2D eigenvalue weighted by Crippen LogP contribution is -2.24. The summed E-state index contributed by atoms with van der Waals surface area (Å²) in [6.07, 6.45) is 1.44. The van der Waals surface area contributed by atoms with Crippen molar-refractivity contribution in [2.45, 2.75) is 6.92 Å². The van der Waals surface area contributed by atoms with E-state index in [2.05, 4.69) is 33.1 Å². The highest BCUT2D eigenvalue weighted by Crippen LogP contribution is 2.11. The number of halogens is 1. The van der Waals surface area contributed by atoms with Crippen LogP contribution >= 0.6 is 22.6 Å². The highest BCUT2D eigenvalue weighted by molar-refractivity contribution is 14.1. The smallest absolute Gasteiger partial charge is 0.277 e. The molecule has 20 heavy (non-hydrogen) atoms. The van der Waals surface area contributed by atoms with Gasteiger partial charge in [0, 0.05) is 0 Å². The third kappa shape index (κ3) is 4.69. The lowest BCUT2D eigenvalue weighted by Gasteiger charge is -2.04. The van der Waals surface area contributed by atoms with Gasteiger partial charge in [0.05, 0.1) is 6.21 Å². The van der Waals surface area contributed by atoms with Gasteiger partial charge in [-0.3, -0.25) is 4.79 Å². The number of ether oxygens (including phenoxy) is 1. The number of amides is 1. The number of carbonyl (C=O) groups excluding carboxylic acids is 1. The molecule has 1 aromatic heterocycles. The van der Waals surface area contributed by atoms with Crippen molar-refractivity contribution in [2.24, 2.45) is 5.10 Å². The monoisotopic (exact) mass is 384 g/mol. The number of nitrogens with one attached hydrogen (secondary N) is 1. The van der Waals surface area contributed by atoms with Crippen LogP contribution in [0.1, 0.15) is 11.3 Å². The molecule has 2 aromatic rings. The van der Waals surface area contributed by atoms with E-state index in [9.17, 15) is 4.79 Å². The van der Waals surface area contributed by atoms with E-state index in [0.29, 0.717) is 11.5 Å². The molecule has 1 heterocycles. The van der Waals surface area contributed by atoms with Crippen molar-refractivity contribution in [3.63, 3.8) is 0 Å². The predicted octanol–water partition coefficient (Wildman–Crippen LogP) is 2.72. The first-order valence-electron chi connectivity index (χ1n) is 5.90. The van der Waals surface area contributed by atoms with Gasteiger partial charge in [-0.1, -0.05) is 17.7 Å². The highest BCUT2D eigenvalue weighted by atomic mass is 127. The summed E-state index contributed by atoms with van der Waals surface area (Å²) in [5, 5.41) is 3.78. The molecule has 6 heteroatoms. The topological polar surface area (TPSA) is 63.8 Å². The lowest BCUT2D eigenvalue weighted by atomic mass is 10.2. The molecule has 0 bridgehead atoms. The standard InChI is InChI=1S/C14H13IN2O3/c1-10-2-4-11(5-3-10)19-9-14(18)17-16-8-12-6-7-13(15)20-12/h2-8H,9H2,1H3,(H,17,18)/b16-8+. The zero-order valence-corrected chi connectivity index (χ0v) is 13.0. The second-order valence-electron chi connectivity index (χ2n) is 4.04. The summed E-state index contributed by atoms with van der Waals surface area (Å²) in [5.41, 5.74) is 3.50. The number of hydrogen-bond acceptors (Lipinski definition) is 4. The quantitative estimate of drug-likeness (QED) is 0.490. The van der Waals surface area contributed by atoms with Gasteiger partial charge in [0.25, 0.3) is 5.91 Å². The zero-order valence-electron chi connectivity index (χ0n) is 10.8. The van der Waals surface area contributed by atoms with Crippen molar-refractivity contribution in [1.29, 1.82) is 0 Å². The first kappa shape index (κ1) is 14.6. The molecule has 1 aromatic carbocycles. The number of hydrogen-bond donors (Lipinski definition) is 1. The van der Waals surface area contributed by atoms with Gasteiger partial charge >= 0.3 is 0 Å². The third-order valence-electron chi connectivity index (χ3n) is 2.37. The van der Waals surface area contributed by atoms with Gasteiger partial charge in [0.2, 0.25) is 0 Å². The fourth-order valence-electron chi connectivity index (χ4n) is 1.38. The molecular weight excluding hydrogens is 371 g/mol. The van der Waals surface area contributed by atoms with Gasteiger partial charge in [-0.05, 0) is 53.8 Å². The Morgan fingerprint density at radius 3 is 2.75 bits per heavy atom. The molecule has 0 aliphatic carbocycles. The molecule has 5 nitrogen and oxygen atoms in total. The summed E-state index contributed by atoms with van der Waals surface area (Å²) in [5.74, 6) is 0.896. The molecule has 0 unspecified atom stereocenters. The first-order valence-corrected chi connectivity index (χ1v) is 6.98. The maximum absolute atomic E-state index is 11.5. The minimum atomic E-state index is -0.330. The average molecular weight is 384 g/mol. The maximum atomic E-state index is 11.5. The van der Waals surface area contributed by atoms with Crippen LogP contribution in [0.3, 0.4) is 0 Å². The Morgan fingerprint density at radius 2 is 2.10 bits per heavy atom. The molecular formula is C14H13IN2O3. The molecule has 0 saturated heterocycles. The van der Waals surface area contributed by atoms with E-state index in [0.717, 1.165) is 9.33 Å². The lowest BCUT2D eigenvalue weighted by molar-refractivity contribution is -0.123. The minimum Gasteiger partial charge on any atom is -0.484 e. The number of aryl methyl sites for hydroxylation is 1. The van der Waals surface area contributed by atoms with E-state index in [-0.39, 0.29) is 12.5 Å². The molecule has 0 atom stereocenters. The number of carbonyl (C=O) groups is 1. The summed E-state index contributed by atoms with van der Waals surface area (Å²) >= 11 is 2.05. The second-order valence-corrected chi connectivity index (χ2v) is 5.10. The van der Waals surface area contributed by atoms with Crippen LogP contribution in [0.4, 0.5) is 0 Å². The Balaban J connectivity index is 1.75. The molecule has 0 aliphatic heterocycles. The molecule has 0 fully saturated rings. The van der Waals surface area contributed by atoms with Crippen LogP contribution in [0.5, 0.6) is 5.75 Å². The number of benzene rings is 1. The summed E-state index contributed by atoms with van der Waals surface area (Å²) in [6, 6.07) is 11.0. The number of nitrogens with zero attached hydrogens (tertiary/aromatic N) is 1. The van der Waals surface area contributed by atoms with Crippen molar-refractivity contribution in [3.8, 4) is 5.75 Å². The van der Waals surface area contributed by atoms with Crippen LogP contribution in [-0.2, 0) is 4.79 Å². The van der Waals surface area contributed by atoms with E-state index in [1.165, 1.54) is 6.21 Å². The number of furan rings is 1. The summed E-state index contributed by atoms with van der Waals surface area (Å²) in [6.45, 7) is 1.90. The average Bonchev–Trinajstić information content (AvgIpc) is 2.84. The van der Waals surface area contributed by atoms with Gasteiger partial charge < -0.3 is 9.15 Å². The minimum absolute atomic E-state index is 0.0872. The largest absolute Gasteiger partial charge is 0.484 e. The van der Waals surface area contributed by atoms with Crippen LogP contribution in [0.15, 0.2) is 45.9 Å². The number of hydrazone groups is 1. The normalized spacial score (nSPS) is 10.7. The van der Waals surface area contributed by atoms with Gasteiger partial charge in [0.15, 0.2) is 10.4 Å². The fourth-order valence-corrected chi connectivity index (χ4v) is 1.82. The van der Waals surface area contributed by atoms with E-state index < -0.39 is 0 Å². The molecule has 2 rings (SSSR count). The maximum Gasteiger partial charge on any atom is 0.277 e. The van der Waals surface area contributed by atoms with Gasteiger partial charge in [-0.15, -0.1) is 0 Å². The Hall–Kier alpha value is -1.83.